The normalized spacial score (nSPS) is 14.4. The summed E-state index contributed by atoms with van der Waals surface area (Å²) >= 11 is 1.60. The van der Waals surface area contributed by atoms with E-state index in [1.54, 1.807) is 64.9 Å². The quantitative estimate of drug-likeness (QED) is 0.0805. The highest BCUT2D eigenvalue weighted by molar-refractivity contribution is 7.13. The number of aromatic amines is 1. The fraction of sp³-hybridized carbons (Fsp3) is 0.400. The van der Waals surface area contributed by atoms with Crippen LogP contribution in [0.3, 0.4) is 0 Å². The number of amides is 4. The Bertz CT molecular complexity index is 2270. The van der Waals surface area contributed by atoms with Gasteiger partial charge in [0.05, 0.1) is 40.3 Å². The number of pyridine rings is 1. The monoisotopic (exact) mass is 849 g/mol. The third kappa shape index (κ3) is 11.8. The smallest absolute Gasteiger partial charge is 0.274 e. The summed E-state index contributed by atoms with van der Waals surface area (Å²) in [5.41, 5.74) is 6.33. The van der Waals surface area contributed by atoms with Crippen molar-refractivity contribution in [1.82, 2.24) is 40.6 Å². The molecule has 15 nitrogen and oxygen atoms in total. The van der Waals surface area contributed by atoms with Crippen LogP contribution in [-0.2, 0) is 20.9 Å². The summed E-state index contributed by atoms with van der Waals surface area (Å²) in [5.74, 6) is -0.0213. The lowest BCUT2D eigenvalue weighted by Crippen LogP contribution is -2.57. The largest absolute Gasteiger partial charge is 0.494 e. The number of thiazole rings is 1. The Morgan fingerprint density at radius 3 is 2.56 bits per heavy atom. The van der Waals surface area contributed by atoms with Crippen LogP contribution in [0.1, 0.15) is 68.2 Å². The van der Waals surface area contributed by atoms with Gasteiger partial charge in [0, 0.05) is 38.3 Å². The maximum atomic E-state index is 14.0. The summed E-state index contributed by atoms with van der Waals surface area (Å²) in [7, 11) is 3.47. The minimum absolute atomic E-state index is 0.193. The molecule has 2 atom stereocenters. The number of nitrogens with one attached hydrogen (secondary N) is 4. The van der Waals surface area contributed by atoms with Crippen molar-refractivity contribution in [3.05, 3.63) is 95.4 Å². The summed E-state index contributed by atoms with van der Waals surface area (Å²) in [6, 6.07) is 18.8. The van der Waals surface area contributed by atoms with E-state index < -0.39 is 17.5 Å². The van der Waals surface area contributed by atoms with Crippen LogP contribution < -0.4 is 25.4 Å². The predicted molar refractivity (Wildman–Crippen MR) is 235 cm³/mol. The van der Waals surface area contributed by atoms with Crippen molar-refractivity contribution in [2.45, 2.75) is 72.0 Å². The van der Waals surface area contributed by atoms with Crippen molar-refractivity contribution in [1.29, 1.82) is 0 Å². The lowest BCUT2D eigenvalue weighted by molar-refractivity contribution is -0.144. The molecule has 6 rings (SSSR count). The van der Waals surface area contributed by atoms with Gasteiger partial charge in [0.2, 0.25) is 17.7 Å². The van der Waals surface area contributed by atoms with Gasteiger partial charge in [-0.15, -0.1) is 11.3 Å². The number of nitrogens with zero attached hydrogens (tertiary/aromatic N) is 5. The standard InChI is InChI=1S/C45H55N9O6S/c1-29-40(61-28-47-29)31-16-14-30(15-17-31)27-46-43(57)37-12-8-23-54(37)44(58)41(45(2,3)4)51-39(55)13-9-22-53(5)24-25-60-32-18-19-35(38(26-32)59-6)50-42(56)36-11-7-10-33(49-36)34-20-21-48-52-34/h7,10-11,14-21,26,28,37,41H,8-9,12-13,22-25,27H2,1-6H3,(H,46,57)(H,48,52)(H,50,56)(H,51,55)/t37-,41+/m0/s1. The number of aryl methyl sites for hydroxylation is 1. The number of likely N-dealkylation sites (tertiary alicyclic amines) is 1. The van der Waals surface area contributed by atoms with Crippen LogP contribution in [-0.4, -0.2) is 106 Å². The van der Waals surface area contributed by atoms with E-state index in [0.29, 0.717) is 80.6 Å². The van der Waals surface area contributed by atoms with Crippen LogP contribution in [0.15, 0.2) is 78.4 Å². The molecule has 0 spiro atoms. The lowest BCUT2D eigenvalue weighted by Gasteiger charge is -2.35. The van der Waals surface area contributed by atoms with E-state index in [1.807, 2.05) is 64.5 Å². The Hall–Kier alpha value is -6.13. The van der Waals surface area contributed by atoms with Crippen LogP contribution in [0.4, 0.5) is 5.69 Å². The van der Waals surface area contributed by atoms with Crippen molar-refractivity contribution < 1.29 is 28.7 Å². The van der Waals surface area contributed by atoms with Gasteiger partial charge in [-0.25, -0.2) is 9.97 Å². The number of carbonyl (C=O) groups excluding carboxylic acids is 4. The maximum absolute atomic E-state index is 14.0. The first-order valence-electron chi connectivity index (χ1n) is 20.4. The zero-order valence-corrected chi connectivity index (χ0v) is 36.4. The van der Waals surface area contributed by atoms with Gasteiger partial charge in [0.15, 0.2) is 0 Å². The van der Waals surface area contributed by atoms with Crippen molar-refractivity contribution in [3.8, 4) is 33.3 Å². The first-order valence-corrected chi connectivity index (χ1v) is 21.3. The van der Waals surface area contributed by atoms with E-state index in [4.69, 9.17) is 9.47 Å². The molecule has 0 bridgehead atoms. The van der Waals surface area contributed by atoms with Crippen molar-refractivity contribution in [2.75, 3.05) is 45.7 Å². The van der Waals surface area contributed by atoms with Gasteiger partial charge in [0.1, 0.15) is 35.9 Å². The Kier molecular flexibility index (Phi) is 14.9. The van der Waals surface area contributed by atoms with E-state index in [0.717, 1.165) is 21.7 Å². The molecule has 61 heavy (non-hydrogen) atoms. The Morgan fingerprint density at radius 1 is 1.05 bits per heavy atom. The van der Waals surface area contributed by atoms with Crippen LogP contribution in [0, 0.1) is 12.3 Å². The number of carbonyl (C=O) groups is 4. The molecular formula is C45H55N9O6S. The molecule has 4 N–H and O–H groups in total. The van der Waals surface area contributed by atoms with Crippen LogP contribution in [0.2, 0.25) is 0 Å². The first kappa shape index (κ1) is 44.4. The minimum Gasteiger partial charge on any atom is -0.494 e. The number of rotatable bonds is 18. The van der Waals surface area contributed by atoms with Crippen LogP contribution in [0.5, 0.6) is 11.5 Å². The number of anilines is 1. The number of H-pyrrole nitrogens is 1. The maximum Gasteiger partial charge on any atom is 0.274 e. The summed E-state index contributed by atoms with van der Waals surface area (Å²) in [6.45, 7) is 10.2. The number of methoxy groups -OCH3 is 1. The molecule has 1 fully saturated rings. The molecule has 1 saturated heterocycles. The molecule has 0 saturated carbocycles. The summed E-state index contributed by atoms with van der Waals surface area (Å²) in [4.78, 5) is 67.3. The van der Waals surface area contributed by atoms with Crippen molar-refractivity contribution in [3.63, 3.8) is 0 Å². The highest BCUT2D eigenvalue weighted by atomic mass is 32.1. The predicted octanol–water partition coefficient (Wildman–Crippen LogP) is 6.09. The second-order valence-corrected chi connectivity index (χ2v) is 17.0. The molecule has 1 aliphatic heterocycles. The first-order chi connectivity index (χ1) is 29.3. The molecule has 2 aromatic carbocycles. The zero-order chi connectivity index (χ0) is 43.5. The SMILES string of the molecule is COc1cc(OCCN(C)CCCC(=O)N[C@H](C(=O)N2CCC[C@H]2C(=O)NCc2ccc(-c3scnc3C)cc2)C(C)(C)C)ccc1NC(=O)c1cccc(-c2ccn[nH]2)n1. The van der Waals surface area contributed by atoms with E-state index in [9.17, 15) is 19.2 Å². The van der Waals surface area contributed by atoms with Gasteiger partial charge < -0.3 is 35.2 Å². The highest BCUT2D eigenvalue weighted by Crippen LogP contribution is 2.31. The van der Waals surface area contributed by atoms with E-state index >= 15 is 0 Å². The molecule has 0 aliphatic carbocycles. The Labute approximate surface area is 360 Å². The second-order valence-electron chi connectivity index (χ2n) is 16.2. The lowest BCUT2D eigenvalue weighted by atomic mass is 9.85. The number of hydrogen-bond acceptors (Lipinski definition) is 11. The fourth-order valence-corrected chi connectivity index (χ4v) is 7.92. The average molecular weight is 850 g/mol. The summed E-state index contributed by atoms with van der Waals surface area (Å²) in [5, 5.41) is 15.7. The minimum atomic E-state index is -0.783. The van der Waals surface area contributed by atoms with Crippen LogP contribution >= 0.6 is 11.3 Å². The number of likely N-dealkylation sites (N-methyl/N-ethyl adjacent to an activating group) is 1. The van der Waals surface area contributed by atoms with E-state index in [2.05, 4.69) is 41.0 Å². The Morgan fingerprint density at radius 2 is 1.85 bits per heavy atom. The molecule has 4 heterocycles. The van der Waals surface area contributed by atoms with Gasteiger partial charge in [-0.1, -0.05) is 51.1 Å². The number of hydrogen-bond donors (Lipinski definition) is 4. The molecule has 1 aliphatic rings. The molecule has 4 amide bonds. The molecule has 0 unspecified atom stereocenters. The number of benzene rings is 2. The van der Waals surface area contributed by atoms with E-state index in [1.165, 1.54) is 7.11 Å². The van der Waals surface area contributed by atoms with Gasteiger partial charge in [-0.3, -0.25) is 24.3 Å². The third-order valence-electron chi connectivity index (χ3n) is 10.6. The molecule has 3 aromatic heterocycles. The zero-order valence-electron chi connectivity index (χ0n) is 35.6. The molecular weight excluding hydrogens is 795 g/mol. The van der Waals surface area contributed by atoms with Gasteiger partial charge in [0.25, 0.3) is 5.91 Å². The average Bonchev–Trinajstić information content (AvgIpc) is 4.06. The molecule has 16 heteroatoms. The third-order valence-corrected chi connectivity index (χ3v) is 11.5. The summed E-state index contributed by atoms with van der Waals surface area (Å²) < 4.78 is 11.5. The van der Waals surface area contributed by atoms with Gasteiger partial charge in [-0.05, 0) is 86.7 Å². The molecule has 0 radical (unpaired) electrons. The Balaban J connectivity index is 0.924. The highest BCUT2D eigenvalue weighted by Gasteiger charge is 2.41. The molecule has 322 valence electrons. The van der Waals surface area contributed by atoms with Gasteiger partial charge in [-0.2, -0.15) is 5.10 Å². The number of ether oxygens (including phenoxy) is 2. The fourth-order valence-electron chi connectivity index (χ4n) is 7.11. The van der Waals surface area contributed by atoms with Crippen LogP contribution in [0.25, 0.3) is 21.8 Å². The second kappa shape index (κ2) is 20.4. The number of aromatic nitrogens is 4. The van der Waals surface area contributed by atoms with E-state index in [-0.39, 0.29) is 35.7 Å². The molecule has 5 aromatic rings. The van der Waals surface area contributed by atoms with Crippen molar-refractivity contribution >= 4 is 40.7 Å². The topological polar surface area (TPSA) is 184 Å². The van der Waals surface area contributed by atoms with Crippen molar-refractivity contribution in [2.24, 2.45) is 5.41 Å². The summed E-state index contributed by atoms with van der Waals surface area (Å²) in [6.07, 6.45) is 3.72. The van der Waals surface area contributed by atoms with Gasteiger partial charge >= 0.3 is 0 Å².